The molecule has 0 radical (unpaired) electrons. The van der Waals surface area contributed by atoms with Crippen LogP contribution in [-0.2, 0) is 9.47 Å². The third-order valence-corrected chi connectivity index (χ3v) is 3.95. The third kappa shape index (κ3) is 3.18. The molecule has 0 aliphatic carbocycles. The molecule has 102 valence electrons. The highest BCUT2D eigenvalue weighted by atomic mass is 79.9. The molecule has 1 aromatic carbocycles. The molecule has 1 heterocycles. The molecule has 0 atom stereocenters. The number of benzene rings is 1. The Morgan fingerprint density at radius 2 is 1.53 bits per heavy atom. The summed E-state index contributed by atoms with van der Waals surface area (Å²) >= 11 is 3.39. The number of hydrogen-bond acceptors (Lipinski definition) is 3. The van der Waals surface area contributed by atoms with E-state index in [1.807, 2.05) is 52.0 Å². The van der Waals surface area contributed by atoms with Gasteiger partial charge in [-0.15, -0.1) is 0 Å². The van der Waals surface area contributed by atoms with E-state index in [2.05, 4.69) is 20.9 Å². The van der Waals surface area contributed by atoms with Crippen LogP contribution < -0.4 is 0 Å². The number of ether oxygens (including phenoxy) is 2. The Kier molecular flexibility index (Phi) is 3.72. The fourth-order valence-electron chi connectivity index (χ4n) is 1.55. The highest BCUT2D eigenvalue weighted by Gasteiger charge is 2.48. The van der Waals surface area contributed by atoms with Crippen molar-refractivity contribution in [2.75, 3.05) is 0 Å². The van der Waals surface area contributed by atoms with Crippen molar-refractivity contribution in [1.29, 1.82) is 0 Å². The molecule has 1 fully saturated rings. The van der Waals surface area contributed by atoms with Crippen LogP contribution in [0.15, 0.2) is 45.8 Å². The number of allylic oxidation sites excluding steroid dienone is 1. The molecule has 0 aromatic heterocycles. The first-order chi connectivity index (χ1) is 8.80. The molecule has 1 aromatic rings. The van der Waals surface area contributed by atoms with Gasteiger partial charge in [0.2, 0.25) is 0 Å². The molecular formula is C15H18BrNO2. The summed E-state index contributed by atoms with van der Waals surface area (Å²) in [6, 6.07) is 7.77. The van der Waals surface area contributed by atoms with Gasteiger partial charge in [0, 0.05) is 16.8 Å². The first-order valence-electron chi connectivity index (χ1n) is 6.18. The van der Waals surface area contributed by atoms with Gasteiger partial charge in [-0.1, -0.05) is 15.9 Å². The van der Waals surface area contributed by atoms with Gasteiger partial charge in [-0.3, -0.25) is 4.99 Å². The maximum atomic E-state index is 5.76. The second kappa shape index (κ2) is 5.00. The Labute approximate surface area is 122 Å². The zero-order valence-corrected chi connectivity index (χ0v) is 13.2. The fraction of sp³-hybridized carbons (Fsp3) is 0.400. The van der Waals surface area contributed by atoms with Crippen LogP contribution in [-0.4, -0.2) is 17.4 Å². The van der Waals surface area contributed by atoms with Gasteiger partial charge in [-0.2, -0.15) is 0 Å². The van der Waals surface area contributed by atoms with E-state index in [-0.39, 0.29) is 11.2 Å². The number of aliphatic imine (C=N–C) groups is 1. The summed E-state index contributed by atoms with van der Waals surface area (Å²) in [7, 11) is 0. The zero-order chi connectivity index (χ0) is 14.1. The van der Waals surface area contributed by atoms with Gasteiger partial charge in [0.15, 0.2) is 0 Å². The van der Waals surface area contributed by atoms with E-state index in [9.17, 15) is 0 Å². The average Bonchev–Trinajstić information content (AvgIpc) is 2.50. The summed E-state index contributed by atoms with van der Waals surface area (Å²) in [5.41, 5.74) is 0.200. The average molecular weight is 324 g/mol. The lowest BCUT2D eigenvalue weighted by Crippen LogP contribution is -2.41. The maximum absolute atomic E-state index is 5.76. The molecule has 1 saturated heterocycles. The summed E-state index contributed by atoms with van der Waals surface area (Å²) in [6.45, 7) is 8.05. The van der Waals surface area contributed by atoms with Crippen molar-refractivity contribution in [3.8, 4) is 0 Å². The molecule has 0 saturated carbocycles. The van der Waals surface area contributed by atoms with Gasteiger partial charge in [0.05, 0.1) is 5.69 Å². The van der Waals surface area contributed by atoms with Crippen molar-refractivity contribution in [3.05, 3.63) is 40.8 Å². The minimum Gasteiger partial charge on any atom is -0.455 e. The maximum Gasteiger partial charge on any atom is 0.282 e. The highest BCUT2D eigenvalue weighted by molar-refractivity contribution is 9.10. The van der Waals surface area contributed by atoms with Crippen LogP contribution in [0, 0.1) is 0 Å². The zero-order valence-electron chi connectivity index (χ0n) is 11.6. The van der Waals surface area contributed by atoms with Gasteiger partial charge in [-0.05, 0) is 52.0 Å². The van der Waals surface area contributed by atoms with Gasteiger partial charge >= 0.3 is 0 Å². The second-order valence-electron chi connectivity index (χ2n) is 5.47. The van der Waals surface area contributed by atoms with E-state index in [0.29, 0.717) is 5.95 Å². The molecule has 2 rings (SSSR count). The molecule has 1 aliphatic heterocycles. The lowest BCUT2D eigenvalue weighted by molar-refractivity contribution is 0.00578. The number of rotatable bonds is 2. The van der Waals surface area contributed by atoms with Crippen LogP contribution in [0.4, 0.5) is 5.69 Å². The molecule has 3 nitrogen and oxygen atoms in total. The van der Waals surface area contributed by atoms with E-state index >= 15 is 0 Å². The Balaban J connectivity index is 2.06. The summed E-state index contributed by atoms with van der Waals surface area (Å²) in [5, 5.41) is 0. The van der Waals surface area contributed by atoms with E-state index in [1.54, 1.807) is 12.3 Å². The molecule has 1 aliphatic rings. The molecule has 0 N–H and O–H groups in total. The van der Waals surface area contributed by atoms with Crippen molar-refractivity contribution in [2.24, 2.45) is 4.99 Å². The lowest BCUT2D eigenvalue weighted by Gasteiger charge is -2.28. The topological polar surface area (TPSA) is 30.8 Å². The SMILES string of the molecule is CC1(C)OC(=CC=Nc2ccc(Br)cc2)OC1(C)C. The molecule has 19 heavy (non-hydrogen) atoms. The van der Waals surface area contributed by atoms with Crippen LogP contribution in [0.25, 0.3) is 0 Å². The smallest absolute Gasteiger partial charge is 0.282 e. The highest BCUT2D eigenvalue weighted by Crippen LogP contribution is 2.39. The largest absolute Gasteiger partial charge is 0.455 e. The van der Waals surface area contributed by atoms with Crippen molar-refractivity contribution < 1.29 is 9.47 Å². The van der Waals surface area contributed by atoms with Crippen molar-refractivity contribution in [1.82, 2.24) is 0 Å². The first-order valence-corrected chi connectivity index (χ1v) is 6.97. The molecule has 0 amide bonds. The van der Waals surface area contributed by atoms with Gasteiger partial charge < -0.3 is 9.47 Å². The Bertz CT molecular complexity index is 497. The number of hydrogen-bond donors (Lipinski definition) is 0. The van der Waals surface area contributed by atoms with Crippen molar-refractivity contribution >= 4 is 27.8 Å². The van der Waals surface area contributed by atoms with Crippen molar-refractivity contribution in [3.63, 3.8) is 0 Å². The van der Waals surface area contributed by atoms with Crippen LogP contribution in [0.3, 0.4) is 0 Å². The van der Waals surface area contributed by atoms with E-state index < -0.39 is 0 Å². The van der Waals surface area contributed by atoms with Crippen LogP contribution >= 0.6 is 15.9 Å². The van der Waals surface area contributed by atoms with Gasteiger partial charge in [-0.25, -0.2) is 0 Å². The summed E-state index contributed by atoms with van der Waals surface area (Å²) in [5.74, 6) is 0.510. The first kappa shape index (κ1) is 14.1. The minimum atomic E-state index is -0.343. The van der Waals surface area contributed by atoms with Crippen molar-refractivity contribution in [2.45, 2.75) is 38.9 Å². The minimum absolute atomic E-state index is 0.343. The number of nitrogens with zero attached hydrogens (tertiary/aromatic N) is 1. The summed E-state index contributed by atoms with van der Waals surface area (Å²) in [6.07, 6.45) is 3.44. The molecule has 4 heteroatoms. The standard InChI is InChI=1S/C15H18BrNO2/c1-14(2)15(3,4)19-13(18-14)9-10-17-12-7-5-11(16)6-8-12/h5-10H,1-4H3. The predicted molar refractivity (Wildman–Crippen MR) is 80.7 cm³/mol. The lowest BCUT2D eigenvalue weighted by atomic mass is 9.90. The summed E-state index contributed by atoms with van der Waals surface area (Å²) in [4.78, 5) is 4.32. The number of halogens is 1. The van der Waals surface area contributed by atoms with Gasteiger partial charge in [0.25, 0.3) is 5.95 Å². The molecule has 0 spiro atoms. The monoisotopic (exact) mass is 323 g/mol. The van der Waals surface area contributed by atoms with Gasteiger partial charge in [0.1, 0.15) is 11.2 Å². The Morgan fingerprint density at radius 3 is 2.05 bits per heavy atom. The molecule has 0 unspecified atom stereocenters. The Morgan fingerprint density at radius 1 is 1.00 bits per heavy atom. The third-order valence-electron chi connectivity index (χ3n) is 3.42. The predicted octanol–water partition coefficient (Wildman–Crippen LogP) is 4.60. The van der Waals surface area contributed by atoms with E-state index in [1.165, 1.54) is 0 Å². The van der Waals surface area contributed by atoms with E-state index in [0.717, 1.165) is 10.2 Å². The second-order valence-corrected chi connectivity index (χ2v) is 6.38. The summed E-state index contributed by atoms with van der Waals surface area (Å²) < 4.78 is 12.6. The quantitative estimate of drug-likeness (QED) is 0.745. The van der Waals surface area contributed by atoms with Crippen LogP contribution in [0.5, 0.6) is 0 Å². The fourth-order valence-corrected chi connectivity index (χ4v) is 1.81. The molecular weight excluding hydrogens is 306 g/mol. The van der Waals surface area contributed by atoms with Crippen LogP contribution in [0.2, 0.25) is 0 Å². The Hall–Kier alpha value is -1.29. The normalized spacial score (nSPS) is 20.2. The van der Waals surface area contributed by atoms with Crippen LogP contribution in [0.1, 0.15) is 27.7 Å². The molecule has 0 bridgehead atoms. The van der Waals surface area contributed by atoms with E-state index in [4.69, 9.17) is 9.47 Å².